The minimum absolute atomic E-state index is 0.155. The van der Waals surface area contributed by atoms with Gasteiger partial charge in [-0.15, -0.1) is 0 Å². The van der Waals surface area contributed by atoms with E-state index in [-0.39, 0.29) is 9.92 Å². The average Bonchev–Trinajstić information content (AvgIpc) is 2.87. The SMILES string of the molecule is CCc1ccccc1Nc1c([N+](=O)[O-])sc2ccccc12. The van der Waals surface area contributed by atoms with E-state index in [1.807, 2.05) is 48.5 Å². The molecule has 0 aliphatic heterocycles. The normalized spacial score (nSPS) is 10.7. The molecule has 0 unspecified atom stereocenters. The van der Waals surface area contributed by atoms with E-state index in [9.17, 15) is 10.1 Å². The lowest BCUT2D eigenvalue weighted by Crippen LogP contribution is -1.97. The molecule has 0 aliphatic rings. The van der Waals surface area contributed by atoms with Crippen LogP contribution in [0.15, 0.2) is 48.5 Å². The number of aryl methyl sites for hydroxylation is 1. The summed E-state index contributed by atoms with van der Waals surface area (Å²) in [6.45, 7) is 2.07. The molecule has 0 fully saturated rings. The molecule has 106 valence electrons. The second-order valence-corrected chi connectivity index (χ2v) is 5.70. The molecule has 0 saturated heterocycles. The van der Waals surface area contributed by atoms with Crippen molar-refractivity contribution in [1.29, 1.82) is 0 Å². The average molecular weight is 298 g/mol. The number of para-hydroxylation sites is 1. The van der Waals surface area contributed by atoms with Crippen LogP contribution in [0.2, 0.25) is 0 Å². The van der Waals surface area contributed by atoms with Crippen LogP contribution in [0.1, 0.15) is 12.5 Å². The van der Waals surface area contributed by atoms with Gasteiger partial charge in [0, 0.05) is 15.8 Å². The van der Waals surface area contributed by atoms with E-state index in [0.29, 0.717) is 5.69 Å². The molecular weight excluding hydrogens is 284 g/mol. The van der Waals surface area contributed by atoms with E-state index in [0.717, 1.165) is 27.8 Å². The van der Waals surface area contributed by atoms with Gasteiger partial charge in [-0.2, -0.15) is 0 Å². The highest BCUT2D eigenvalue weighted by molar-refractivity contribution is 7.23. The Balaban J connectivity index is 2.15. The fourth-order valence-electron chi connectivity index (χ4n) is 2.37. The second-order valence-electron chi connectivity index (χ2n) is 4.67. The van der Waals surface area contributed by atoms with Crippen LogP contribution in [0.5, 0.6) is 0 Å². The number of benzene rings is 2. The molecule has 2 aromatic carbocycles. The summed E-state index contributed by atoms with van der Waals surface area (Å²) in [5, 5.41) is 15.6. The number of hydrogen-bond donors (Lipinski definition) is 1. The van der Waals surface area contributed by atoms with Crippen molar-refractivity contribution in [2.24, 2.45) is 0 Å². The molecule has 4 nitrogen and oxygen atoms in total. The van der Waals surface area contributed by atoms with Gasteiger partial charge in [0.1, 0.15) is 5.69 Å². The van der Waals surface area contributed by atoms with Crippen LogP contribution < -0.4 is 5.32 Å². The van der Waals surface area contributed by atoms with Gasteiger partial charge in [-0.05, 0) is 24.1 Å². The largest absolute Gasteiger partial charge is 0.348 e. The third-order valence-electron chi connectivity index (χ3n) is 3.40. The summed E-state index contributed by atoms with van der Waals surface area (Å²) in [5.41, 5.74) is 2.65. The number of nitro groups is 1. The first-order valence-electron chi connectivity index (χ1n) is 6.71. The standard InChI is InChI=1S/C16H14N2O2S/c1-2-11-7-3-5-9-13(11)17-15-12-8-4-6-10-14(12)21-16(15)18(19)20/h3-10,17H,2H2,1H3. The maximum absolute atomic E-state index is 11.3. The zero-order valence-electron chi connectivity index (χ0n) is 11.5. The predicted octanol–water partition coefficient (Wildman–Crippen LogP) is 5.12. The summed E-state index contributed by atoms with van der Waals surface area (Å²) < 4.78 is 0.917. The zero-order chi connectivity index (χ0) is 14.8. The number of nitrogens with zero attached hydrogens (tertiary/aromatic N) is 1. The predicted molar refractivity (Wildman–Crippen MR) is 87.6 cm³/mol. The number of nitrogens with one attached hydrogen (secondary N) is 1. The topological polar surface area (TPSA) is 55.2 Å². The Morgan fingerprint density at radius 2 is 1.86 bits per heavy atom. The van der Waals surface area contributed by atoms with Gasteiger partial charge in [0.05, 0.1) is 4.92 Å². The minimum Gasteiger partial charge on any atom is -0.348 e. The van der Waals surface area contributed by atoms with Gasteiger partial charge in [0.2, 0.25) is 0 Å². The summed E-state index contributed by atoms with van der Waals surface area (Å²) in [7, 11) is 0. The van der Waals surface area contributed by atoms with Crippen LogP contribution in [-0.2, 0) is 6.42 Å². The van der Waals surface area contributed by atoms with Gasteiger partial charge in [0.15, 0.2) is 0 Å². The van der Waals surface area contributed by atoms with E-state index < -0.39 is 0 Å². The van der Waals surface area contributed by atoms with Crippen LogP contribution in [0.3, 0.4) is 0 Å². The molecule has 5 heteroatoms. The van der Waals surface area contributed by atoms with Crippen molar-refractivity contribution in [3.05, 3.63) is 64.2 Å². The van der Waals surface area contributed by atoms with E-state index >= 15 is 0 Å². The van der Waals surface area contributed by atoms with E-state index in [1.54, 1.807) is 0 Å². The molecule has 1 heterocycles. The lowest BCUT2D eigenvalue weighted by atomic mass is 10.1. The van der Waals surface area contributed by atoms with Crippen molar-refractivity contribution in [3.63, 3.8) is 0 Å². The van der Waals surface area contributed by atoms with Gasteiger partial charge < -0.3 is 5.32 Å². The molecule has 0 spiro atoms. The quantitative estimate of drug-likeness (QED) is 0.537. The highest BCUT2D eigenvalue weighted by Crippen LogP contribution is 2.43. The Bertz CT molecular complexity index is 811. The number of fused-ring (bicyclic) bond motifs is 1. The molecule has 3 rings (SSSR count). The molecule has 1 N–H and O–H groups in total. The Kier molecular flexibility index (Phi) is 3.58. The molecule has 21 heavy (non-hydrogen) atoms. The summed E-state index contributed by atoms with van der Waals surface area (Å²) in [4.78, 5) is 11.0. The molecule has 0 atom stereocenters. The van der Waals surface area contributed by atoms with Gasteiger partial charge in [-0.3, -0.25) is 10.1 Å². The van der Waals surface area contributed by atoms with Gasteiger partial charge in [-0.25, -0.2) is 0 Å². The van der Waals surface area contributed by atoms with Crippen LogP contribution in [-0.4, -0.2) is 4.92 Å². The fraction of sp³-hybridized carbons (Fsp3) is 0.125. The third kappa shape index (κ3) is 2.48. The van der Waals surface area contributed by atoms with E-state index in [1.165, 1.54) is 11.3 Å². The Hall–Kier alpha value is -2.40. The van der Waals surface area contributed by atoms with Gasteiger partial charge >= 0.3 is 5.00 Å². The Morgan fingerprint density at radius 1 is 1.14 bits per heavy atom. The van der Waals surface area contributed by atoms with Crippen LogP contribution in [0, 0.1) is 10.1 Å². The maximum atomic E-state index is 11.3. The maximum Gasteiger partial charge on any atom is 0.348 e. The minimum atomic E-state index is -0.318. The highest BCUT2D eigenvalue weighted by atomic mass is 32.1. The van der Waals surface area contributed by atoms with E-state index in [2.05, 4.69) is 12.2 Å². The molecule has 0 amide bonds. The van der Waals surface area contributed by atoms with Crippen molar-refractivity contribution in [1.82, 2.24) is 0 Å². The van der Waals surface area contributed by atoms with Crippen LogP contribution in [0.4, 0.5) is 16.4 Å². The van der Waals surface area contributed by atoms with Crippen LogP contribution >= 0.6 is 11.3 Å². The van der Waals surface area contributed by atoms with Gasteiger partial charge in [0.25, 0.3) is 0 Å². The summed E-state index contributed by atoms with van der Waals surface area (Å²) in [6.07, 6.45) is 0.874. The molecule has 3 aromatic rings. The van der Waals surface area contributed by atoms with E-state index in [4.69, 9.17) is 0 Å². The molecule has 0 saturated carbocycles. The van der Waals surface area contributed by atoms with Crippen molar-refractivity contribution in [2.45, 2.75) is 13.3 Å². The first-order chi connectivity index (χ1) is 10.2. The Labute approximate surface area is 126 Å². The summed E-state index contributed by atoms with van der Waals surface area (Å²) >= 11 is 1.20. The Morgan fingerprint density at radius 3 is 2.62 bits per heavy atom. The van der Waals surface area contributed by atoms with Crippen molar-refractivity contribution in [3.8, 4) is 0 Å². The van der Waals surface area contributed by atoms with Crippen LogP contribution in [0.25, 0.3) is 10.1 Å². The van der Waals surface area contributed by atoms with Gasteiger partial charge in [-0.1, -0.05) is 54.7 Å². The molecule has 1 aromatic heterocycles. The number of hydrogen-bond acceptors (Lipinski definition) is 4. The summed E-state index contributed by atoms with van der Waals surface area (Å²) in [6, 6.07) is 15.5. The fourth-order valence-corrected chi connectivity index (χ4v) is 3.34. The lowest BCUT2D eigenvalue weighted by Gasteiger charge is -2.09. The first kappa shape index (κ1) is 13.6. The molecule has 0 bridgehead atoms. The first-order valence-corrected chi connectivity index (χ1v) is 7.53. The third-order valence-corrected chi connectivity index (χ3v) is 4.52. The molecule has 0 aliphatic carbocycles. The number of anilines is 2. The monoisotopic (exact) mass is 298 g/mol. The molecule has 0 radical (unpaired) electrons. The summed E-state index contributed by atoms with van der Waals surface area (Å²) in [5.74, 6) is 0. The number of thiophene rings is 1. The second kappa shape index (κ2) is 5.54. The number of rotatable bonds is 4. The lowest BCUT2D eigenvalue weighted by molar-refractivity contribution is -0.379. The smallest absolute Gasteiger partial charge is 0.348 e. The highest BCUT2D eigenvalue weighted by Gasteiger charge is 2.21. The molecular formula is C16H14N2O2S. The van der Waals surface area contributed by atoms with Crippen molar-refractivity contribution >= 4 is 37.8 Å². The van der Waals surface area contributed by atoms with Crippen molar-refractivity contribution < 1.29 is 4.92 Å². The van der Waals surface area contributed by atoms with Crippen molar-refractivity contribution in [2.75, 3.05) is 5.32 Å². The zero-order valence-corrected chi connectivity index (χ0v) is 12.3.